The van der Waals surface area contributed by atoms with Crippen LogP contribution in [-0.2, 0) is 14.8 Å². The van der Waals surface area contributed by atoms with Gasteiger partial charge in [-0.3, -0.25) is 0 Å². The molecule has 0 amide bonds. The third-order valence-corrected chi connectivity index (χ3v) is 4.34. The molecule has 106 valence electrons. The molecule has 1 unspecified atom stereocenters. The predicted molar refractivity (Wildman–Crippen MR) is 74.9 cm³/mol. The highest BCUT2D eigenvalue weighted by Crippen LogP contribution is 2.25. The molecule has 3 N–H and O–H groups in total. The molecule has 7 heteroatoms. The summed E-state index contributed by atoms with van der Waals surface area (Å²) in [5.41, 5.74) is 0.582. The molecule has 0 aliphatic carbocycles. The highest BCUT2D eigenvalue weighted by molar-refractivity contribution is 7.89. The molecule has 1 aliphatic heterocycles. The molecule has 1 aromatic carbocycles. The Bertz CT molecular complexity index is 542. The lowest BCUT2D eigenvalue weighted by Gasteiger charge is -2.23. The Morgan fingerprint density at radius 3 is 2.89 bits per heavy atom. The fourth-order valence-electron chi connectivity index (χ4n) is 2.04. The maximum atomic E-state index is 11.3. The van der Waals surface area contributed by atoms with Crippen molar-refractivity contribution in [3.05, 3.63) is 23.2 Å². The summed E-state index contributed by atoms with van der Waals surface area (Å²) in [7, 11) is -3.71. The van der Waals surface area contributed by atoms with Crippen molar-refractivity contribution in [1.29, 1.82) is 0 Å². The molecule has 1 aromatic rings. The van der Waals surface area contributed by atoms with Crippen molar-refractivity contribution in [3.8, 4) is 0 Å². The number of rotatable bonds is 4. The largest absolute Gasteiger partial charge is 0.383 e. The van der Waals surface area contributed by atoms with Gasteiger partial charge >= 0.3 is 0 Å². The second-order valence-electron chi connectivity index (χ2n) is 4.65. The lowest BCUT2D eigenvalue weighted by atomic mass is 10.0. The van der Waals surface area contributed by atoms with Crippen LogP contribution in [0.15, 0.2) is 23.1 Å². The number of ether oxygens (including phenoxy) is 1. The first-order chi connectivity index (χ1) is 8.97. The van der Waals surface area contributed by atoms with Gasteiger partial charge in [0.05, 0.1) is 22.2 Å². The Hall–Kier alpha value is -0.820. The van der Waals surface area contributed by atoms with Gasteiger partial charge in [-0.05, 0) is 37.0 Å². The van der Waals surface area contributed by atoms with Crippen LogP contribution in [0.4, 0.5) is 5.69 Å². The number of halogens is 1. The summed E-state index contributed by atoms with van der Waals surface area (Å²) in [4.78, 5) is 0.0549. The van der Waals surface area contributed by atoms with Gasteiger partial charge in [0, 0.05) is 13.2 Å². The first-order valence-corrected chi connectivity index (χ1v) is 8.03. The van der Waals surface area contributed by atoms with Gasteiger partial charge in [0.15, 0.2) is 0 Å². The summed E-state index contributed by atoms with van der Waals surface area (Å²) < 4.78 is 28.0. The Morgan fingerprint density at radius 1 is 1.47 bits per heavy atom. The number of anilines is 1. The van der Waals surface area contributed by atoms with Crippen LogP contribution in [0.1, 0.15) is 12.8 Å². The van der Waals surface area contributed by atoms with E-state index in [9.17, 15) is 8.42 Å². The number of benzene rings is 1. The fourth-order valence-corrected chi connectivity index (χ4v) is 2.76. The molecule has 5 nitrogen and oxygen atoms in total. The highest BCUT2D eigenvalue weighted by atomic mass is 35.5. The van der Waals surface area contributed by atoms with E-state index in [2.05, 4.69) is 5.32 Å². The van der Waals surface area contributed by atoms with Crippen LogP contribution >= 0.6 is 11.6 Å². The molecule has 0 aromatic heterocycles. The second-order valence-corrected chi connectivity index (χ2v) is 6.62. The molecular weight excluding hydrogens is 288 g/mol. The van der Waals surface area contributed by atoms with Crippen molar-refractivity contribution in [2.24, 2.45) is 11.1 Å². The van der Waals surface area contributed by atoms with E-state index in [1.165, 1.54) is 18.2 Å². The summed E-state index contributed by atoms with van der Waals surface area (Å²) in [6.45, 7) is 2.24. The van der Waals surface area contributed by atoms with Crippen molar-refractivity contribution in [2.75, 3.05) is 25.1 Å². The van der Waals surface area contributed by atoms with Crippen LogP contribution in [0, 0.1) is 5.92 Å². The maximum absolute atomic E-state index is 11.3. The molecule has 0 radical (unpaired) electrons. The zero-order valence-corrected chi connectivity index (χ0v) is 12.0. The summed E-state index contributed by atoms with van der Waals surface area (Å²) >= 11 is 6.03. The van der Waals surface area contributed by atoms with E-state index in [4.69, 9.17) is 21.5 Å². The summed E-state index contributed by atoms with van der Waals surface area (Å²) in [6.07, 6.45) is 2.15. The van der Waals surface area contributed by atoms with E-state index in [-0.39, 0.29) is 4.90 Å². The van der Waals surface area contributed by atoms with E-state index in [1.54, 1.807) is 0 Å². The Balaban J connectivity index is 2.06. The van der Waals surface area contributed by atoms with Crippen LogP contribution in [0.5, 0.6) is 0 Å². The summed E-state index contributed by atoms with van der Waals surface area (Å²) in [5, 5.41) is 8.74. The molecule has 0 spiro atoms. The molecule has 2 rings (SSSR count). The minimum absolute atomic E-state index is 0.0549. The minimum atomic E-state index is -3.71. The van der Waals surface area contributed by atoms with E-state index >= 15 is 0 Å². The van der Waals surface area contributed by atoms with E-state index in [1.807, 2.05) is 0 Å². The van der Waals surface area contributed by atoms with Crippen molar-refractivity contribution in [2.45, 2.75) is 17.7 Å². The smallest absolute Gasteiger partial charge is 0.238 e. The van der Waals surface area contributed by atoms with Gasteiger partial charge in [-0.25, -0.2) is 13.6 Å². The van der Waals surface area contributed by atoms with Crippen LogP contribution < -0.4 is 10.5 Å². The van der Waals surface area contributed by atoms with Crippen LogP contribution in [0.25, 0.3) is 0 Å². The van der Waals surface area contributed by atoms with Crippen molar-refractivity contribution in [3.63, 3.8) is 0 Å². The first-order valence-electron chi connectivity index (χ1n) is 6.11. The van der Waals surface area contributed by atoms with Crippen LogP contribution in [0.2, 0.25) is 5.02 Å². The first kappa shape index (κ1) is 14.6. The fraction of sp³-hybridized carbons (Fsp3) is 0.500. The predicted octanol–water partition coefficient (Wildman–Crippen LogP) is 1.83. The van der Waals surface area contributed by atoms with Gasteiger partial charge < -0.3 is 10.1 Å². The molecule has 1 aliphatic rings. The monoisotopic (exact) mass is 304 g/mol. The Morgan fingerprint density at radius 2 is 2.26 bits per heavy atom. The van der Waals surface area contributed by atoms with Gasteiger partial charge in [0.2, 0.25) is 10.0 Å². The van der Waals surface area contributed by atoms with Crippen LogP contribution in [-0.4, -0.2) is 28.2 Å². The molecule has 1 fully saturated rings. The molecule has 0 bridgehead atoms. The second kappa shape index (κ2) is 6.09. The number of nitrogens with one attached hydrogen (secondary N) is 1. The number of nitrogens with two attached hydrogens (primary N) is 1. The summed E-state index contributed by atoms with van der Waals surface area (Å²) in [5.74, 6) is 0.419. The van der Waals surface area contributed by atoms with Gasteiger partial charge in [-0.1, -0.05) is 11.6 Å². The standard InChI is InChI=1S/C12H17ClN2O3S/c13-11-4-3-10(19(14,16)17)6-12(11)15-7-9-2-1-5-18-8-9/h3-4,6,9,15H,1-2,5,7-8H2,(H2,14,16,17). The van der Waals surface area contributed by atoms with E-state index in [0.717, 1.165) is 26.1 Å². The normalized spacial score (nSPS) is 20.2. The lowest BCUT2D eigenvalue weighted by Crippen LogP contribution is -2.24. The van der Waals surface area contributed by atoms with Crippen molar-refractivity contribution >= 4 is 27.3 Å². The zero-order valence-electron chi connectivity index (χ0n) is 10.4. The molecule has 1 heterocycles. The average molecular weight is 305 g/mol. The molecule has 19 heavy (non-hydrogen) atoms. The third kappa shape index (κ3) is 4.07. The molecule has 0 saturated carbocycles. The van der Waals surface area contributed by atoms with Gasteiger partial charge in [-0.2, -0.15) is 0 Å². The topological polar surface area (TPSA) is 81.4 Å². The van der Waals surface area contributed by atoms with Gasteiger partial charge in [0.25, 0.3) is 0 Å². The van der Waals surface area contributed by atoms with E-state index in [0.29, 0.717) is 23.2 Å². The van der Waals surface area contributed by atoms with Gasteiger partial charge in [-0.15, -0.1) is 0 Å². The van der Waals surface area contributed by atoms with Crippen molar-refractivity contribution < 1.29 is 13.2 Å². The van der Waals surface area contributed by atoms with E-state index < -0.39 is 10.0 Å². The minimum Gasteiger partial charge on any atom is -0.383 e. The third-order valence-electron chi connectivity index (χ3n) is 3.10. The molecule has 1 atom stereocenters. The number of sulfonamides is 1. The number of primary sulfonamides is 1. The van der Waals surface area contributed by atoms with Gasteiger partial charge in [0.1, 0.15) is 0 Å². The Labute approximate surface area is 118 Å². The van der Waals surface area contributed by atoms with Crippen LogP contribution in [0.3, 0.4) is 0 Å². The summed E-state index contributed by atoms with van der Waals surface area (Å²) in [6, 6.07) is 4.38. The zero-order chi connectivity index (χ0) is 13.9. The number of hydrogen-bond donors (Lipinski definition) is 2. The van der Waals surface area contributed by atoms with Crippen molar-refractivity contribution in [1.82, 2.24) is 0 Å². The highest BCUT2D eigenvalue weighted by Gasteiger charge is 2.15. The SMILES string of the molecule is NS(=O)(=O)c1ccc(Cl)c(NCC2CCCOC2)c1. The maximum Gasteiger partial charge on any atom is 0.238 e. The molecule has 1 saturated heterocycles. The quantitative estimate of drug-likeness (QED) is 0.889. The Kier molecular flexibility index (Phi) is 4.67. The average Bonchev–Trinajstić information content (AvgIpc) is 2.37. The molecular formula is C12H17ClN2O3S. The lowest BCUT2D eigenvalue weighted by molar-refractivity contribution is 0.0595. The number of hydrogen-bond acceptors (Lipinski definition) is 4.